The van der Waals surface area contributed by atoms with Gasteiger partial charge >= 0.3 is 5.91 Å². The summed E-state index contributed by atoms with van der Waals surface area (Å²) in [5.74, 6) is 0.971. The molecule has 0 saturated carbocycles. The number of carbonyl (C=O) groups is 2. The van der Waals surface area contributed by atoms with Crippen LogP contribution in [0.4, 0.5) is 0 Å². The van der Waals surface area contributed by atoms with Gasteiger partial charge in [-0.1, -0.05) is 12.1 Å². The molecular formula is C20H23N3O5S2. The van der Waals surface area contributed by atoms with E-state index >= 15 is 0 Å². The lowest BCUT2D eigenvalue weighted by atomic mass is 10.1. The fourth-order valence-corrected chi connectivity index (χ4v) is 6.28. The fraction of sp³-hybridized carbons (Fsp3) is 0.450. The Balaban J connectivity index is 1.31. The standard InChI is InChI=1S/C20H23N3O5S2/c1-30(26,22-20(25)16-11-27-13-21-16)15-6-8-23(9-7-15)19(24)10-14-12-29-18-5-3-2-4-17(18)28-14/h2-5,11,13-15H,6-10,12H2,1H3. The third kappa shape index (κ3) is 4.70. The van der Waals surface area contributed by atoms with Crippen LogP contribution in [0.3, 0.4) is 0 Å². The number of fused-ring (bicyclic) bond motifs is 1. The topological polar surface area (TPSA) is 102 Å². The van der Waals surface area contributed by atoms with Gasteiger partial charge < -0.3 is 14.1 Å². The number of rotatable bonds is 4. The predicted molar refractivity (Wildman–Crippen MR) is 113 cm³/mol. The fourth-order valence-electron chi connectivity index (χ4n) is 3.63. The maximum absolute atomic E-state index is 13.0. The number of nitrogens with zero attached hydrogens (tertiary/aromatic N) is 3. The van der Waals surface area contributed by atoms with Crippen molar-refractivity contribution in [2.45, 2.75) is 35.5 Å². The van der Waals surface area contributed by atoms with Gasteiger partial charge in [-0.05, 0) is 25.0 Å². The number of ether oxygens (including phenoxy) is 1. The normalized spacial score (nSPS) is 21.2. The number of hydrogen-bond acceptors (Lipinski definition) is 7. The van der Waals surface area contributed by atoms with Crippen LogP contribution >= 0.6 is 11.8 Å². The number of para-hydroxylation sites is 1. The van der Waals surface area contributed by atoms with E-state index in [1.165, 1.54) is 12.5 Å². The van der Waals surface area contributed by atoms with Gasteiger partial charge in [0.05, 0.1) is 16.1 Å². The van der Waals surface area contributed by atoms with Gasteiger partial charge in [-0.15, -0.1) is 11.8 Å². The van der Waals surface area contributed by atoms with Crippen molar-refractivity contribution in [3.8, 4) is 5.75 Å². The molecule has 10 heteroatoms. The van der Waals surface area contributed by atoms with E-state index in [1.807, 2.05) is 24.3 Å². The molecule has 0 radical (unpaired) electrons. The Labute approximate surface area is 179 Å². The average Bonchev–Trinajstić information content (AvgIpc) is 3.29. The molecule has 2 unspecified atom stereocenters. The molecule has 30 heavy (non-hydrogen) atoms. The summed E-state index contributed by atoms with van der Waals surface area (Å²) < 4.78 is 27.6. The van der Waals surface area contributed by atoms with Crippen LogP contribution in [-0.4, -0.2) is 62.4 Å². The molecule has 1 fully saturated rings. The van der Waals surface area contributed by atoms with Crippen LogP contribution in [0.15, 0.2) is 50.6 Å². The summed E-state index contributed by atoms with van der Waals surface area (Å²) in [6.07, 6.45) is 5.07. The lowest BCUT2D eigenvalue weighted by Gasteiger charge is -2.34. The lowest BCUT2D eigenvalue weighted by Crippen LogP contribution is -2.44. The molecule has 3 heterocycles. The van der Waals surface area contributed by atoms with E-state index < -0.39 is 15.6 Å². The number of likely N-dealkylation sites (tertiary alicyclic amines) is 1. The number of carbonyl (C=O) groups excluding carboxylic acids is 2. The Morgan fingerprint density at radius 1 is 1.30 bits per heavy atom. The lowest BCUT2D eigenvalue weighted by molar-refractivity contribution is -0.133. The van der Waals surface area contributed by atoms with Crippen molar-refractivity contribution in [1.82, 2.24) is 9.88 Å². The van der Waals surface area contributed by atoms with Crippen molar-refractivity contribution >= 4 is 33.3 Å². The first-order chi connectivity index (χ1) is 14.4. The Morgan fingerprint density at radius 3 is 2.80 bits per heavy atom. The molecule has 8 nitrogen and oxygen atoms in total. The van der Waals surface area contributed by atoms with E-state index in [0.717, 1.165) is 22.8 Å². The molecule has 2 aliphatic rings. The molecule has 0 bridgehead atoms. The molecule has 0 N–H and O–H groups in total. The Kier molecular flexibility index (Phi) is 6.14. The Hall–Kier alpha value is -2.33. The predicted octanol–water partition coefficient (Wildman–Crippen LogP) is 2.85. The zero-order valence-corrected chi connectivity index (χ0v) is 18.2. The maximum Gasteiger partial charge on any atom is 0.307 e. The summed E-state index contributed by atoms with van der Waals surface area (Å²) >= 11 is 1.70. The molecule has 1 saturated heterocycles. The molecule has 160 valence electrons. The highest BCUT2D eigenvalue weighted by atomic mass is 32.2. The van der Waals surface area contributed by atoms with Crippen molar-refractivity contribution in [3.63, 3.8) is 0 Å². The van der Waals surface area contributed by atoms with Gasteiger partial charge in [-0.3, -0.25) is 9.59 Å². The minimum atomic E-state index is -2.74. The summed E-state index contributed by atoms with van der Waals surface area (Å²) in [5, 5.41) is -0.245. The molecule has 1 aromatic carbocycles. The van der Waals surface area contributed by atoms with Gasteiger partial charge in [0.2, 0.25) is 5.91 Å². The second-order valence-electron chi connectivity index (χ2n) is 7.41. The number of aromatic nitrogens is 1. The molecule has 0 aliphatic carbocycles. The Bertz CT molecular complexity index is 1040. The number of oxazole rings is 1. The van der Waals surface area contributed by atoms with Crippen LogP contribution < -0.4 is 4.74 Å². The molecule has 2 aliphatic heterocycles. The highest BCUT2D eigenvalue weighted by molar-refractivity contribution is 7.99. The third-order valence-corrected chi connectivity index (χ3v) is 8.72. The van der Waals surface area contributed by atoms with Crippen molar-refractivity contribution < 1.29 is 23.0 Å². The van der Waals surface area contributed by atoms with Gasteiger partial charge in [-0.2, -0.15) is 4.36 Å². The van der Waals surface area contributed by atoms with E-state index in [-0.39, 0.29) is 23.0 Å². The number of amides is 2. The van der Waals surface area contributed by atoms with E-state index in [1.54, 1.807) is 16.7 Å². The summed E-state index contributed by atoms with van der Waals surface area (Å²) in [7, 11) is -2.74. The minimum absolute atomic E-state index is 0.0386. The van der Waals surface area contributed by atoms with Crippen LogP contribution in [0.2, 0.25) is 0 Å². The van der Waals surface area contributed by atoms with E-state index in [0.29, 0.717) is 32.4 Å². The molecule has 2 aromatic rings. The van der Waals surface area contributed by atoms with Crippen LogP contribution in [0, 0.1) is 0 Å². The first kappa shape index (κ1) is 20.9. The van der Waals surface area contributed by atoms with E-state index in [4.69, 9.17) is 9.15 Å². The number of hydrogen-bond donors (Lipinski definition) is 0. The Morgan fingerprint density at radius 2 is 2.07 bits per heavy atom. The minimum Gasteiger partial charge on any atom is -0.488 e. The van der Waals surface area contributed by atoms with Crippen LogP contribution in [0.25, 0.3) is 0 Å². The summed E-state index contributed by atoms with van der Waals surface area (Å²) in [5.41, 5.74) is 0.0455. The molecular weight excluding hydrogens is 426 g/mol. The van der Waals surface area contributed by atoms with Crippen LogP contribution in [-0.2, 0) is 14.5 Å². The van der Waals surface area contributed by atoms with Gasteiger partial charge in [0.1, 0.15) is 18.1 Å². The molecule has 2 atom stereocenters. The average molecular weight is 450 g/mol. The van der Waals surface area contributed by atoms with Gasteiger partial charge in [0.15, 0.2) is 12.1 Å². The highest BCUT2D eigenvalue weighted by Gasteiger charge is 2.31. The zero-order chi connectivity index (χ0) is 21.1. The summed E-state index contributed by atoms with van der Waals surface area (Å²) in [4.78, 5) is 31.5. The smallest absolute Gasteiger partial charge is 0.307 e. The molecule has 0 spiro atoms. The maximum atomic E-state index is 13.0. The first-order valence-corrected chi connectivity index (χ1v) is 12.7. The number of benzene rings is 1. The highest BCUT2D eigenvalue weighted by Crippen LogP contribution is 2.36. The largest absolute Gasteiger partial charge is 0.488 e. The second-order valence-corrected chi connectivity index (χ2v) is 11.0. The van der Waals surface area contributed by atoms with Gasteiger partial charge in [0, 0.05) is 35.2 Å². The number of thioether (sulfide) groups is 1. The van der Waals surface area contributed by atoms with Crippen molar-refractivity contribution in [3.05, 3.63) is 42.6 Å². The molecule has 1 aromatic heterocycles. The van der Waals surface area contributed by atoms with Gasteiger partial charge in [0.25, 0.3) is 0 Å². The van der Waals surface area contributed by atoms with E-state index in [9.17, 15) is 13.8 Å². The molecule has 2 amide bonds. The van der Waals surface area contributed by atoms with Crippen molar-refractivity contribution in [2.24, 2.45) is 4.36 Å². The quantitative estimate of drug-likeness (QED) is 0.707. The number of piperidine rings is 1. The van der Waals surface area contributed by atoms with E-state index in [2.05, 4.69) is 9.35 Å². The van der Waals surface area contributed by atoms with Crippen molar-refractivity contribution in [1.29, 1.82) is 0 Å². The van der Waals surface area contributed by atoms with Gasteiger partial charge in [-0.25, -0.2) is 9.19 Å². The second kappa shape index (κ2) is 8.81. The SMILES string of the molecule is CS(=O)(=NC(=O)c1cocn1)C1CCN(C(=O)CC2CSc3ccccc3O2)CC1. The van der Waals surface area contributed by atoms with Crippen LogP contribution in [0.1, 0.15) is 29.8 Å². The zero-order valence-electron chi connectivity index (χ0n) is 16.6. The third-order valence-electron chi connectivity index (χ3n) is 5.30. The summed E-state index contributed by atoms with van der Waals surface area (Å²) in [6.45, 7) is 0.997. The monoisotopic (exact) mass is 449 g/mol. The van der Waals surface area contributed by atoms with Crippen molar-refractivity contribution in [2.75, 3.05) is 25.1 Å². The first-order valence-electron chi connectivity index (χ1n) is 9.72. The van der Waals surface area contributed by atoms with Crippen LogP contribution in [0.5, 0.6) is 5.75 Å². The molecule has 4 rings (SSSR count). The summed E-state index contributed by atoms with van der Waals surface area (Å²) in [6, 6.07) is 7.84.